The van der Waals surface area contributed by atoms with Crippen molar-refractivity contribution < 1.29 is 18.3 Å². The summed E-state index contributed by atoms with van der Waals surface area (Å²) in [6.07, 6.45) is 6.55. The van der Waals surface area contributed by atoms with E-state index in [0.717, 1.165) is 31.7 Å². The average molecular weight is 442 g/mol. The Labute approximate surface area is 183 Å². The Morgan fingerprint density at radius 1 is 1.34 bits per heavy atom. The number of carbonyl (C=O) groups is 1. The van der Waals surface area contributed by atoms with Gasteiger partial charge in [0.05, 0.1) is 18.4 Å². The molecule has 0 aromatic carbocycles. The quantitative estimate of drug-likeness (QED) is 0.627. The highest BCUT2D eigenvalue weighted by Gasteiger charge is 2.53. The van der Waals surface area contributed by atoms with Crippen molar-refractivity contribution >= 4 is 22.9 Å². The van der Waals surface area contributed by atoms with Gasteiger partial charge in [-0.05, 0) is 39.2 Å². The number of nitrogens with zero attached hydrogens (tertiary/aromatic N) is 4. The molecule has 1 saturated heterocycles. The zero-order valence-corrected chi connectivity index (χ0v) is 17.9. The lowest BCUT2D eigenvalue weighted by Crippen LogP contribution is -2.49. The molecule has 3 aromatic rings. The second-order valence-electron chi connectivity index (χ2n) is 8.47. The first-order valence-corrected chi connectivity index (χ1v) is 10.8. The van der Waals surface area contributed by atoms with E-state index in [1.165, 1.54) is 6.07 Å². The molecule has 0 bridgehead atoms. The summed E-state index contributed by atoms with van der Waals surface area (Å²) in [7, 11) is 0. The largest absolute Gasteiger partial charge is 0.441 e. The molecule has 0 radical (unpaired) electrons. The lowest BCUT2D eigenvalue weighted by Gasteiger charge is -2.39. The third-order valence-electron chi connectivity index (χ3n) is 6.66. The highest BCUT2D eigenvalue weighted by atomic mass is 19.1. The number of H-pyrrole nitrogens is 1. The number of ether oxygens (including phenoxy) is 1. The molecule has 168 valence electrons. The van der Waals surface area contributed by atoms with Crippen LogP contribution in [0.4, 0.5) is 19.4 Å². The Balaban J connectivity index is 1.41. The summed E-state index contributed by atoms with van der Waals surface area (Å²) in [6.45, 7) is 4.52. The first-order valence-electron chi connectivity index (χ1n) is 10.8. The number of rotatable bonds is 4. The summed E-state index contributed by atoms with van der Waals surface area (Å²) in [4.78, 5) is 29.5. The van der Waals surface area contributed by atoms with E-state index in [1.54, 1.807) is 11.1 Å². The Morgan fingerprint density at radius 3 is 2.97 bits per heavy atom. The van der Waals surface area contributed by atoms with Crippen molar-refractivity contribution in [2.45, 2.75) is 57.2 Å². The maximum atomic E-state index is 14.6. The van der Waals surface area contributed by atoms with E-state index in [-0.39, 0.29) is 29.8 Å². The molecule has 1 amide bonds. The van der Waals surface area contributed by atoms with Crippen molar-refractivity contribution in [3.63, 3.8) is 0 Å². The minimum absolute atomic E-state index is 0.0518. The number of pyridine rings is 1. The number of amides is 1. The monoisotopic (exact) mass is 442 g/mol. The fraction of sp³-hybridized carbons (Fsp3) is 0.455. The molecule has 2 fully saturated rings. The number of carbonyl (C=O) groups excluding carboxylic acids is 1. The number of anilines is 1. The molecule has 8 nitrogen and oxygen atoms in total. The molecule has 1 spiro atoms. The van der Waals surface area contributed by atoms with Crippen molar-refractivity contribution in [3.05, 3.63) is 36.3 Å². The highest BCUT2D eigenvalue weighted by molar-refractivity contribution is 5.91. The van der Waals surface area contributed by atoms with Crippen molar-refractivity contribution in [1.82, 2.24) is 24.8 Å². The van der Waals surface area contributed by atoms with Gasteiger partial charge in [0.1, 0.15) is 17.1 Å². The Hall–Kier alpha value is -3.30. The van der Waals surface area contributed by atoms with Crippen LogP contribution in [0.3, 0.4) is 0 Å². The Morgan fingerprint density at radius 2 is 2.19 bits per heavy atom. The summed E-state index contributed by atoms with van der Waals surface area (Å²) in [6, 6.07) is 1.17. The van der Waals surface area contributed by atoms with E-state index < -0.39 is 17.2 Å². The normalized spacial score (nSPS) is 25.5. The summed E-state index contributed by atoms with van der Waals surface area (Å²) >= 11 is 0. The van der Waals surface area contributed by atoms with Crippen molar-refractivity contribution in [2.24, 2.45) is 0 Å². The third kappa shape index (κ3) is 3.34. The fourth-order valence-corrected chi connectivity index (χ4v) is 4.98. The number of hydrogen-bond donors (Lipinski definition) is 2. The number of fused-ring (bicyclic) bond motifs is 1. The molecule has 0 unspecified atom stereocenters. The van der Waals surface area contributed by atoms with Crippen molar-refractivity contribution in [2.75, 3.05) is 11.9 Å². The molecule has 4 heterocycles. The van der Waals surface area contributed by atoms with Crippen LogP contribution >= 0.6 is 0 Å². The zero-order chi connectivity index (χ0) is 22.5. The maximum Gasteiger partial charge on any atom is 0.410 e. The summed E-state index contributed by atoms with van der Waals surface area (Å²) in [5, 5.41) is 3.71. The summed E-state index contributed by atoms with van der Waals surface area (Å²) in [5.41, 5.74) is 0.442. The lowest BCUT2D eigenvalue weighted by atomic mass is 9.77. The van der Waals surface area contributed by atoms with E-state index in [0.29, 0.717) is 29.6 Å². The van der Waals surface area contributed by atoms with Crippen LogP contribution in [0.2, 0.25) is 0 Å². The number of likely N-dealkylation sites (N-methyl/N-ethyl adjacent to an activating group) is 1. The van der Waals surface area contributed by atoms with Crippen LogP contribution in [0.5, 0.6) is 0 Å². The van der Waals surface area contributed by atoms with Gasteiger partial charge in [-0.15, -0.1) is 0 Å². The molecule has 32 heavy (non-hydrogen) atoms. The topological polar surface area (TPSA) is 96.0 Å². The van der Waals surface area contributed by atoms with Crippen LogP contribution in [-0.2, 0) is 4.74 Å². The molecule has 2 aliphatic rings. The van der Waals surface area contributed by atoms with Crippen LogP contribution in [0.15, 0.2) is 24.7 Å². The van der Waals surface area contributed by atoms with E-state index in [9.17, 15) is 13.6 Å². The molecule has 1 aliphatic carbocycles. The number of nitrogens with one attached hydrogen (secondary N) is 2. The molecular formula is C22H24F2N6O2. The van der Waals surface area contributed by atoms with Gasteiger partial charge in [0.2, 0.25) is 0 Å². The third-order valence-corrected chi connectivity index (χ3v) is 6.66. The van der Waals surface area contributed by atoms with Crippen LogP contribution < -0.4 is 5.32 Å². The van der Waals surface area contributed by atoms with E-state index in [2.05, 4.69) is 25.3 Å². The standard InChI is InChI=1S/C22H24F2N6O2/c1-3-30-12(2)22(32-21(30)31)6-4-5-14(8-22)28-20-17(24)11-27-19(29-20)16-10-26-18-15(16)7-13(23)9-25-18/h7,9-12,14H,3-6,8H2,1-2H3,(H,25,26)(H,27,28,29)/t12-,14+,22+/m1/s1. The highest BCUT2D eigenvalue weighted by Crippen LogP contribution is 2.42. The second-order valence-corrected chi connectivity index (χ2v) is 8.47. The number of aromatic amines is 1. The molecule has 3 atom stereocenters. The molecule has 1 saturated carbocycles. The molecule has 2 N–H and O–H groups in total. The molecule has 1 aliphatic heterocycles. The van der Waals surface area contributed by atoms with E-state index >= 15 is 0 Å². The number of hydrogen-bond acceptors (Lipinski definition) is 6. The van der Waals surface area contributed by atoms with Crippen LogP contribution in [0, 0.1) is 11.6 Å². The zero-order valence-electron chi connectivity index (χ0n) is 17.9. The van der Waals surface area contributed by atoms with Gasteiger partial charge < -0.3 is 19.9 Å². The van der Waals surface area contributed by atoms with Crippen molar-refractivity contribution in [1.29, 1.82) is 0 Å². The average Bonchev–Trinajstić information content (AvgIpc) is 3.28. The van der Waals surface area contributed by atoms with Gasteiger partial charge in [-0.25, -0.2) is 28.5 Å². The van der Waals surface area contributed by atoms with Gasteiger partial charge in [0, 0.05) is 36.2 Å². The van der Waals surface area contributed by atoms with Crippen LogP contribution in [-0.4, -0.2) is 55.2 Å². The molecule has 10 heteroatoms. The van der Waals surface area contributed by atoms with Gasteiger partial charge in [-0.2, -0.15) is 0 Å². The molecule has 3 aromatic heterocycles. The predicted octanol–water partition coefficient (Wildman–Crippen LogP) is 4.25. The van der Waals surface area contributed by atoms with E-state index in [4.69, 9.17) is 4.74 Å². The minimum Gasteiger partial charge on any atom is -0.441 e. The van der Waals surface area contributed by atoms with Gasteiger partial charge in [0.25, 0.3) is 0 Å². The summed E-state index contributed by atoms with van der Waals surface area (Å²) < 4.78 is 34.1. The first-order chi connectivity index (χ1) is 15.4. The lowest BCUT2D eigenvalue weighted by molar-refractivity contribution is 0.00222. The van der Waals surface area contributed by atoms with E-state index in [1.807, 2.05) is 13.8 Å². The Kier molecular flexibility index (Phi) is 4.94. The van der Waals surface area contributed by atoms with Gasteiger partial charge in [0.15, 0.2) is 17.5 Å². The van der Waals surface area contributed by atoms with Gasteiger partial charge in [-0.1, -0.05) is 0 Å². The predicted molar refractivity (Wildman–Crippen MR) is 114 cm³/mol. The van der Waals surface area contributed by atoms with Crippen LogP contribution in [0.1, 0.15) is 39.5 Å². The number of aromatic nitrogens is 4. The second kappa shape index (κ2) is 7.68. The SMILES string of the molecule is CCN1C(=O)O[C@]2(CCC[C@H](Nc3nc(-c4c[nH]c5ncc(F)cc45)ncc3F)C2)[C@H]1C. The fourth-order valence-electron chi connectivity index (χ4n) is 4.98. The van der Waals surface area contributed by atoms with Gasteiger partial charge >= 0.3 is 6.09 Å². The maximum absolute atomic E-state index is 14.6. The van der Waals surface area contributed by atoms with Crippen molar-refractivity contribution in [3.8, 4) is 11.4 Å². The first kappa shape index (κ1) is 20.6. The summed E-state index contributed by atoms with van der Waals surface area (Å²) in [5.74, 6) is -0.729. The molecular weight excluding hydrogens is 418 g/mol. The minimum atomic E-state index is -0.588. The smallest absolute Gasteiger partial charge is 0.410 e. The van der Waals surface area contributed by atoms with Gasteiger partial charge in [-0.3, -0.25) is 0 Å². The van der Waals surface area contributed by atoms with Crippen LogP contribution in [0.25, 0.3) is 22.4 Å². The molecule has 5 rings (SSSR count). The Bertz CT molecular complexity index is 1180. The number of halogens is 2.